The van der Waals surface area contributed by atoms with Crippen LogP contribution in [0.1, 0.15) is 36.8 Å². The van der Waals surface area contributed by atoms with Crippen molar-refractivity contribution in [2.45, 2.75) is 49.6 Å². The first-order valence-corrected chi connectivity index (χ1v) is 16.0. The lowest BCUT2D eigenvalue weighted by Crippen LogP contribution is -2.69. The van der Waals surface area contributed by atoms with E-state index >= 15 is 0 Å². The zero-order chi connectivity index (χ0) is 29.0. The molecule has 6 aliphatic heterocycles. The molecule has 10 nitrogen and oxygen atoms in total. The van der Waals surface area contributed by atoms with Crippen molar-refractivity contribution in [3.05, 3.63) is 41.5 Å². The number of hydrogen-bond acceptors (Lipinski definition) is 8. The molecule has 0 spiro atoms. The van der Waals surface area contributed by atoms with E-state index in [0.29, 0.717) is 10.9 Å². The minimum absolute atomic E-state index is 0.0357. The largest absolute Gasteiger partial charge is 0.524 e. The molecule has 6 aliphatic rings. The number of rotatable bonds is 10. The molecule has 11 heteroatoms. The van der Waals surface area contributed by atoms with Crippen molar-refractivity contribution >= 4 is 30.2 Å². The number of methoxy groups -OCH3 is 2. The molecule has 2 aromatic carbocycles. The van der Waals surface area contributed by atoms with E-state index in [1.54, 1.807) is 26.4 Å². The number of carbonyl (C=O) groups is 2. The minimum atomic E-state index is -4.99. The molecule has 6 saturated heterocycles. The maximum absolute atomic E-state index is 14.0. The van der Waals surface area contributed by atoms with Crippen LogP contribution in [0.2, 0.25) is 0 Å². The van der Waals surface area contributed by atoms with Crippen LogP contribution in [0.15, 0.2) is 30.3 Å². The van der Waals surface area contributed by atoms with Crippen molar-refractivity contribution in [2.75, 3.05) is 53.6 Å². The molecule has 222 valence electrons. The Morgan fingerprint density at radius 3 is 1.85 bits per heavy atom. The highest BCUT2D eigenvalue weighted by molar-refractivity contribution is 7.46. The maximum atomic E-state index is 14.0. The zero-order valence-corrected chi connectivity index (χ0v) is 24.6. The summed E-state index contributed by atoms with van der Waals surface area (Å²) in [4.78, 5) is 52.4. The Morgan fingerprint density at radius 1 is 0.854 bits per heavy atom. The highest BCUT2D eigenvalue weighted by Gasteiger charge is 2.56. The summed E-state index contributed by atoms with van der Waals surface area (Å²) in [5.41, 5.74) is -0.631. The molecule has 0 amide bonds. The van der Waals surface area contributed by atoms with E-state index in [9.17, 15) is 23.9 Å². The second-order valence-electron chi connectivity index (χ2n) is 12.2. The van der Waals surface area contributed by atoms with Crippen LogP contribution in [-0.4, -0.2) is 95.8 Å². The van der Waals surface area contributed by atoms with Crippen molar-refractivity contribution in [2.24, 2.45) is 11.8 Å². The summed E-state index contributed by atoms with van der Waals surface area (Å²) >= 11 is 0. The van der Waals surface area contributed by atoms with Gasteiger partial charge in [-0.15, -0.1) is 0 Å². The Labute approximate surface area is 240 Å². The fourth-order valence-corrected chi connectivity index (χ4v) is 8.55. The third-order valence-corrected chi connectivity index (χ3v) is 10.4. The van der Waals surface area contributed by atoms with Crippen LogP contribution in [0.4, 0.5) is 0 Å². The Bertz CT molecular complexity index is 1390. The molecule has 0 aliphatic carbocycles. The summed E-state index contributed by atoms with van der Waals surface area (Å²) < 4.78 is 29.3. The summed E-state index contributed by atoms with van der Waals surface area (Å²) in [6, 6.07) is 9.29. The predicted molar refractivity (Wildman–Crippen MR) is 152 cm³/mol. The Morgan fingerprint density at radius 2 is 1.37 bits per heavy atom. The molecule has 2 aromatic rings. The van der Waals surface area contributed by atoms with Gasteiger partial charge in [-0.3, -0.25) is 29.2 Å². The molecule has 6 fully saturated rings. The first-order valence-electron chi connectivity index (χ1n) is 14.5. The van der Waals surface area contributed by atoms with Gasteiger partial charge in [0.1, 0.15) is 16.8 Å². The highest BCUT2D eigenvalue weighted by atomic mass is 31.2. The number of piperidine rings is 6. The van der Waals surface area contributed by atoms with Crippen molar-refractivity contribution < 1.29 is 37.9 Å². The van der Waals surface area contributed by atoms with Gasteiger partial charge in [-0.25, -0.2) is 4.57 Å². The van der Waals surface area contributed by atoms with Crippen LogP contribution < -0.4 is 4.52 Å². The lowest BCUT2D eigenvalue weighted by atomic mass is 9.68. The summed E-state index contributed by atoms with van der Waals surface area (Å²) in [6.45, 7) is 3.43. The number of carbonyl (C=O) groups excluding carboxylic acids is 2. The zero-order valence-electron chi connectivity index (χ0n) is 23.7. The number of ether oxygens (including phenoxy) is 2. The normalized spacial score (nSPS) is 33.1. The molecular weight excluding hydrogens is 547 g/mol. The number of phosphoric acid groups is 1. The fourth-order valence-electron chi connectivity index (χ4n) is 8.11. The van der Waals surface area contributed by atoms with E-state index in [1.807, 2.05) is 18.2 Å². The van der Waals surface area contributed by atoms with Crippen LogP contribution in [0.25, 0.3) is 10.8 Å². The SMILES string of the molecule is COCC1(Cc2cc3ccccc3c(OP(=O)(O)O)c2CC2(COC)C(=O)C3CCN2CC3)C(=O)C2CCN1CC2. The summed E-state index contributed by atoms with van der Waals surface area (Å²) in [5.74, 6) is 0.199. The standard InChI is InChI=1S/C30H39N2O8P/c1-38-18-29(27(33)20-7-11-31(29)12-8-20)16-23-15-22-5-3-4-6-24(22)26(40-41(35,36)37)25(23)17-30(19-39-2)28(34)21-9-13-32(30)14-10-21/h3-6,15,20-21H,7-14,16-19H2,1-2H3,(H2,35,36,37). The minimum Gasteiger partial charge on any atom is -0.403 e. The third kappa shape index (κ3) is 4.87. The Balaban J connectivity index is 1.56. The van der Waals surface area contributed by atoms with E-state index in [0.717, 1.165) is 62.8 Å². The molecule has 0 saturated carbocycles. The van der Waals surface area contributed by atoms with Gasteiger partial charge in [-0.1, -0.05) is 30.3 Å². The molecule has 0 radical (unpaired) electrons. The number of fused-ring (bicyclic) bond motifs is 7. The average molecular weight is 587 g/mol. The van der Waals surface area contributed by atoms with E-state index in [2.05, 4.69) is 9.80 Å². The first kappa shape index (κ1) is 28.9. The van der Waals surface area contributed by atoms with Gasteiger partial charge in [0.2, 0.25) is 0 Å². The van der Waals surface area contributed by atoms with Crippen LogP contribution in [0.3, 0.4) is 0 Å². The summed E-state index contributed by atoms with van der Waals surface area (Å²) in [6.07, 6.45) is 3.68. The molecule has 41 heavy (non-hydrogen) atoms. The molecule has 2 atom stereocenters. The molecular formula is C30H39N2O8P. The van der Waals surface area contributed by atoms with Crippen LogP contribution in [0.5, 0.6) is 5.75 Å². The monoisotopic (exact) mass is 586 g/mol. The second kappa shape index (κ2) is 10.8. The number of ketones is 2. The molecule has 8 rings (SSSR count). The van der Waals surface area contributed by atoms with Gasteiger partial charge in [0.25, 0.3) is 0 Å². The average Bonchev–Trinajstić information content (AvgIpc) is 2.95. The highest BCUT2D eigenvalue weighted by Crippen LogP contribution is 2.49. The van der Waals surface area contributed by atoms with E-state index < -0.39 is 18.9 Å². The summed E-state index contributed by atoms with van der Waals surface area (Å²) in [5, 5.41) is 1.28. The van der Waals surface area contributed by atoms with Gasteiger partial charge in [0.15, 0.2) is 11.6 Å². The number of phosphoric ester groups is 1. The van der Waals surface area contributed by atoms with Crippen molar-refractivity contribution in [3.63, 3.8) is 0 Å². The van der Waals surface area contributed by atoms with E-state index in [4.69, 9.17) is 14.0 Å². The van der Waals surface area contributed by atoms with Crippen molar-refractivity contribution in [1.29, 1.82) is 0 Å². The molecule has 6 heterocycles. The fraction of sp³-hybridized carbons (Fsp3) is 0.600. The molecule has 2 unspecified atom stereocenters. The molecule has 4 bridgehead atoms. The van der Waals surface area contributed by atoms with Crippen LogP contribution >= 0.6 is 7.82 Å². The quantitative estimate of drug-likeness (QED) is 0.402. The van der Waals surface area contributed by atoms with Crippen molar-refractivity contribution in [3.8, 4) is 5.75 Å². The third-order valence-electron chi connectivity index (χ3n) is 9.98. The van der Waals surface area contributed by atoms with Crippen LogP contribution in [-0.2, 0) is 36.5 Å². The lowest BCUT2D eigenvalue weighted by molar-refractivity contribution is -0.154. The molecule has 2 N–H and O–H groups in total. The van der Waals surface area contributed by atoms with Crippen molar-refractivity contribution in [1.82, 2.24) is 9.80 Å². The van der Waals surface area contributed by atoms with E-state index in [1.165, 1.54) is 0 Å². The summed E-state index contributed by atoms with van der Waals surface area (Å²) in [7, 11) is -1.81. The lowest BCUT2D eigenvalue weighted by Gasteiger charge is -2.54. The topological polar surface area (TPSA) is 126 Å². The van der Waals surface area contributed by atoms with Gasteiger partial charge >= 0.3 is 7.82 Å². The predicted octanol–water partition coefficient (Wildman–Crippen LogP) is 2.76. The van der Waals surface area contributed by atoms with Gasteiger partial charge in [-0.05, 0) is 62.8 Å². The number of nitrogens with zero attached hydrogens (tertiary/aromatic N) is 2. The maximum Gasteiger partial charge on any atom is 0.524 e. The number of hydrogen-bond donors (Lipinski definition) is 2. The van der Waals surface area contributed by atoms with Gasteiger partial charge in [0, 0.05) is 49.8 Å². The van der Waals surface area contributed by atoms with Gasteiger partial charge in [0.05, 0.1) is 13.2 Å². The van der Waals surface area contributed by atoms with Crippen LogP contribution in [0, 0.1) is 11.8 Å². The van der Waals surface area contributed by atoms with E-state index in [-0.39, 0.29) is 55.2 Å². The Hall–Kier alpha value is -2.17. The number of benzene rings is 2. The Kier molecular flexibility index (Phi) is 7.64. The smallest absolute Gasteiger partial charge is 0.403 e. The first-order chi connectivity index (χ1) is 19.6. The molecule has 0 aromatic heterocycles. The van der Waals surface area contributed by atoms with Gasteiger partial charge in [-0.2, -0.15) is 0 Å². The second-order valence-corrected chi connectivity index (χ2v) is 13.3. The van der Waals surface area contributed by atoms with Gasteiger partial charge < -0.3 is 14.0 Å². The number of Topliss-reactive ketones (excluding diaryl/α,β-unsaturated/α-hetero) is 2.